The Bertz CT molecular complexity index is 542. The molecule has 1 heterocycles. The largest absolute Gasteiger partial charge is 0.495 e. The Balaban J connectivity index is 2.41. The Labute approximate surface area is 112 Å². The summed E-state index contributed by atoms with van der Waals surface area (Å²) >= 11 is 0. The van der Waals surface area contributed by atoms with E-state index in [9.17, 15) is 5.11 Å². The van der Waals surface area contributed by atoms with Crippen LogP contribution in [0, 0.1) is 0 Å². The molecule has 0 radical (unpaired) electrons. The van der Waals surface area contributed by atoms with E-state index in [1.54, 1.807) is 25.4 Å². The standard InChI is InChI=1S/C15H17NO3/c1-3-19-12-8-5-4-7-11(12)15(17)14-13(18-2)9-6-10-16-14/h4-10,15,17H,3H2,1-2H3. The predicted molar refractivity (Wildman–Crippen MR) is 72.5 cm³/mol. The Morgan fingerprint density at radius 1 is 1.16 bits per heavy atom. The lowest BCUT2D eigenvalue weighted by Crippen LogP contribution is -2.07. The third kappa shape index (κ3) is 2.85. The number of pyridine rings is 1. The van der Waals surface area contributed by atoms with Crippen LogP contribution in [-0.4, -0.2) is 23.8 Å². The van der Waals surface area contributed by atoms with Crippen LogP contribution in [-0.2, 0) is 0 Å². The summed E-state index contributed by atoms with van der Waals surface area (Å²) in [6.45, 7) is 2.45. The summed E-state index contributed by atoms with van der Waals surface area (Å²) in [7, 11) is 1.56. The van der Waals surface area contributed by atoms with Crippen LogP contribution < -0.4 is 9.47 Å². The molecule has 0 amide bonds. The van der Waals surface area contributed by atoms with E-state index >= 15 is 0 Å². The molecule has 4 nitrogen and oxygen atoms in total. The van der Waals surface area contributed by atoms with Crippen molar-refractivity contribution in [2.24, 2.45) is 0 Å². The fourth-order valence-electron chi connectivity index (χ4n) is 1.92. The van der Waals surface area contributed by atoms with Crippen LogP contribution in [0.4, 0.5) is 0 Å². The maximum absolute atomic E-state index is 10.5. The summed E-state index contributed by atoms with van der Waals surface area (Å²) in [5, 5.41) is 10.5. The van der Waals surface area contributed by atoms with Gasteiger partial charge in [0.2, 0.25) is 0 Å². The van der Waals surface area contributed by atoms with E-state index in [2.05, 4.69) is 4.98 Å². The normalized spacial score (nSPS) is 11.9. The summed E-state index contributed by atoms with van der Waals surface area (Å²) in [4.78, 5) is 4.20. The molecule has 1 aromatic carbocycles. The van der Waals surface area contributed by atoms with Crippen LogP contribution in [0.3, 0.4) is 0 Å². The molecule has 0 aliphatic carbocycles. The van der Waals surface area contributed by atoms with Gasteiger partial charge in [-0.15, -0.1) is 0 Å². The minimum atomic E-state index is -0.876. The van der Waals surface area contributed by atoms with E-state index in [-0.39, 0.29) is 0 Å². The quantitative estimate of drug-likeness (QED) is 0.896. The highest BCUT2D eigenvalue weighted by molar-refractivity contribution is 5.42. The highest BCUT2D eigenvalue weighted by Gasteiger charge is 2.20. The number of nitrogens with zero attached hydrogens (tertiary/aromatic N) is 1. The monoisotopic (exact) mass is 259 g/mol. The lowest BCUT2D eigenvalue weighted by Gasteiger charge is -2.17. The first kappa shape index (κ1) is 13.4. The van der Waals surface area contributed by atoms with Gasteiger partial charge in [-0.25, -0.2) is 0 Å². The summed E-state index contributed by atoms with van der Waals surface area (Å²) < 4.78 is 10.7. The molecule has 19 heavy (non-hydrogen) atoms. The van der Waals surface area contributed by atoms with Crippen molar-refractivity contribution in [3.05, 3.63) is 53.9 Å². The molecule has 1 atom stereocenters. The van der Waals surface area contributed by atoms with E-state index in [0.717, 1.165) is 0 Å². The van der Waals surface area contributed by atoms with Crippen LogP contribution in [0.15, 0.2) is 42.6 Å². The molecule has 1 N–H and O–H groups in total. The molecule has 2 aromatic rings. The van der Waals surface area contributed by atoms with E-state index in [1.807, 2.05) is 31.2 Å². The molecule has 0 aliphatic heterocycles. The average Bonchev–Trinajstić information content (AvgIpc) is 2.47. The van der Waals surface area contributed by atoms with E-state index < -0.39 is 6.10 Å². The number of aliphatic hydroxyl groups excluding tert-OH is 1. The van der Waals surface area contributed by atoms with Crippen LogP contribution in [0.1, 0.15) is 24.3 Å². The highest BCUT2D eigenvalue weighted by Crippen LogP contribution is 2.32. The number of rotatable bonds is 5. The Hall–Kier alpha value is -2.07. The van der Waals surface area contributed by atoms with Crippen molar-refractivity contribution in [3.63, 3.8) is 0 Å². The van der Waals surface area contributed by atoms with Gasteiger partial charge in [-0.3, -0.25) is 4.98 Å². The first-order valence-electron chi connectivity index (χ1n) is 6.16. The van der Waals surface area contributed by atoms with Crippen molar-refractivity contribution in [1.82, 2.24) is 4.98 Å². The number of aromatic nitrogens is 1. The number of ether oxygens (including phenoxy) is 2. The van der Waals surface area contributed by atoms with Crippen molar-refractivity contribution >= 4 is 0 Å². The zero-order valence-corrected chi connectivity index (χ0v) is 11.0. The minimum Gasteiger partial charge on any atom is -0.495 e. The second-order valence-corrected chi connectivity index (χ2v) is 3.96. The maximum atomic E-state index is 10.5. The van der Waals surface area contributed by atoms with E-state index in [4.69, 9.17) is 9.47 Å². The third-order valence-electron chi connectivity index (χ3n) is 2.79. The van der Waals surface area contributed by atoms with Crippen LogP contribution in [0.5, 0.6) is 11.5 Å². The van der Waals surface area contributed by atoms with Gasteiger partial charge < -0.3 is 14.6 Å². The Morgan fingerprint density at radius 3 is 2.63 bits per heavy atom. The molecule has 0 saturated carbocycles. The first-order chi connectivity index (χ1) is 9.27. The van der Waals surface area contributed by atoms with Gasteiger partial charge in [0.1, 0.15) is 23.3 Å². The van der Waals surface area contributed by atoms with Crippen molar-refractivity contribution in [1.29, 1.82) is 0 Å². The number of benzene rings is 1. The molecule has 0 saturated heterocycles. The average molecular weight is 259 g/mol. The molecule has 0 fully saturated rings. The summed E-state index contributed by atoms with van der Waals surface area (Å²) in [5.74, 6) is 1.21. The summed E-state index contributed by atoms with van der Waals surface area (Å²) in [5.41, 5.74) is 1.17. The van der Waals surface area contributed by atoms with Crippen molar-refractivity contribution in [2.75, 3.05) is 13.7 Å². The van der Waals surface area contributed by atoms with Crippen molar-refractivity contribution in [2.45, 2.75) is 13.0 Å². The Kier molecular flexibility index (Phi) is 4.36. The molecule has 2 rings (SSSR count). The third-order valence-corrected chi connectivity index (χ3v) is 2.79. The van der Waals surface area contributed by atoms with Gasteiger partial charge in [-0.05, 0) is 25.1 Å². The summed E-state index contributed by atoms with van der Waals surface area (Å²) in [6.07, 6.45) is 0.753. The van der Waals surface area contributed by atoms with Gasteiger partial charge >= 0.3 is 0 Å². The van der Waals surface area contributed by atoms with E-state index in [1.165, 1.54) is 0 Å². The second kappa shape index (κ2) is 6.20. The molecule has 0 bridgehead atoms. The van der Waals surface area contributed by atoms with Gasteiger partial charge in [0.15, 0.2) is 0 Å². The summed E-state index contributed by atoms with van der Waals surface area (Å²) in [6, 6.07) is 10.9. The molecule has 0 aliphatic rings. The lowest BCUT2D eigenvalue weighted by atomic mass is 10.0. The van der Waals surface area contributed by atoms with Gasteiger partial charge in [-0.1, -0.05) is 18.2 Å². The molecule has 1 unspecified atom stereocenters. The lowest BCUT2D eigenvalue weighted by molar-refractivity contribution is 0.202. The van der Waals surface area contributed by atoms with Crippen LogP contribution in [0.25, 0.3) is 0 Å². The number of para-hydroxylation sites is 1. The molecule has 1 aromatic heterocycles. The molecular formula is C15H17NO3. The highest BCUT2D eigenvalue weighted by atomic mass is 16.5. The maximum Gasteiger partial charge on any atom is 0.143 e. The van der Waals surface area contributed by atoms with Crippen molar-refractivity contribution < 1.29 is 14.6 Å². The predicted octanol–water partition coefficient (Wildman–Crippen LogP) is 2.57. The fourth-order valence-corrected chi connectivity index (χ4v) is 1.92. The SMILES string of the molecule is CCOc1ccccc1C(O)c1ncccc1OC. The molecule has 4 heteroatoms. The number of aliphatic hydroxyl groups is 1. The van der Waals surface area contributed by atoms with Gasteiger partial charge in [0, 0.05) is 11.8 Å². The number of methoxy groups -OCH3 is 1. The van der Waals surface area contributed by atoms with Crippen molar-refractivity contribution in [3.8, 4) is 11.5 Å². The fraction of sp³-hybridized carbons (Fsp3) is 0.267. The smallest absolute Gasteiger partial charge is 0.143 e. The van der Waals surface area contributed by atoms with Gasteiger partial charge in [0.05, 0.1) is 13.7 Å². The van der Waals surface area contributed by atoms with Crippen LogP contribution >= 0.6 is 0 Å². The molecule has 100 valence electrons. The minimum absolute atomic E-state index is 0.483. The zero-order chi connectivity index (χ0) is 13.7. The van der Waals surface area contributed by atoms with Gasteiger partial charge in [0.25, 0.3) is 0 Å². The van der Waals surface area contributed by atoms with Crippen LogP contribution in [0.2, 0.25) is 0 Å². The number of hydrogen-bond acceptors (Lipinski definition) is 4. The van der Waals surface area contributed by atoms with E-state index in [0.29, 0.717) is 29.4 Å². The molecular weight excluding hydrogens is 242 g/mol. The first-order valence-corrected chi connectivity index (χ1v) is 6.16. The number of hydrogen-bond donors (Lipinski definition) is 1. The van der Waals surface area contributed by atoms with Gasteiger partial charge in [-0.2, -0.15) is 0 Å². The second-order valence-electron chi connectivity index (χ2n) is 3.96. The molecule has 0 spiro atoms. The Morgan fingerprint density at radius 2 is 1.89 bits per heavy atom. The zero-order valence-electron chi connectivity index (χ0n) is 11.0. The topological polar surface area (TPSA) is 51.6 Å².